The molecule has 33 heavy (non-hydrogen) atoms. The molecular formula is C24H23Cl2N3O2S2. The fourth-order valence-corrected chi connectivity index (χ4v) is 5.15. The van der Waals surface area contributed by atoms with Crippen LogP contribution in [0, 0.1) is 0 Å². The van der Waals surface area contributed by atoms with Crippen LogP contribution in [-0.4, -0.2) is 21.0 Å². The first-order chi connectivity index (χ1) is 15.8. The second-order valence-corrected chi connectivity index (χ2v) is 9.81. The Bertz CT molecular complexity index is 1250. The van der Waals surface area contributed by atoms with E-state index in [0.717, 1.165) is 26.6 Å². The Morgan fingerprint density at radius 3 is 2.45 bits per heavy atom. The van der Waals surface area contributed by atoms with Gasteiger partial charge in [0.15, 0.2) is 5.13 Å². The van der Waals surface area contributed by atoms with E-state index in [0.29, 0.717) is 15.2 Å². The van der Waals surface area contributed by atoms with Crippen LogP contribution < -0.4 is 5.32 Å². The lowest BCUT2D eigenvalue weighted by molar-refractivity contribution is 0.0697. The summed E-state index contributed by atoms with van der Waals surface area (Å²) < 4.78 is 0. The standard InChI is InChI=1S/C22H17Cl2N3O2S2.C2H6/c1-11(2)18-19(12-5-6-15(23)16(24)9-12)31-22(26-18)27-20-14(21(28)29)8-13(10-25-20)17-4-3-7-30-17;1-2/h3-11H,1-2H3,(H,28,29)(H,25,26,27);1-2H3. The molecule has 0 bridgehead atoms. The smallest absolute Gasteiger partial charge is 0.339 e. The van der Waals surface area contributed by atoms with Gasteiger partial charge >= 0.3 is 5.97 Å². The zero-order chi connectivity index (χ0) is 24.1. The topological polar surface area (TPSA) is 75.1 Å². The van der Waals surface area contributed by atoms with Crippen LogP contribution in [0.25, 0.3) is 20.9 Å². The van der Waals surface area contributed by atoms with Gasteiger partial charge in [-0.3, -0.25) is 0 Å². The summed E-state index contributed by atoms with van der Waals surface area (Å²) in [4.78, 5) is 22.9. The highest BCUT2D eigenvalue weighted by Crippen LogP contribution is 2.40. The fraction of sp³-hybridized carbons (Fsp3) is 0.208. The highest BCUT2D eigenvalue weighted by Gasteiger charge is 2.20. The number of carbonyl (C=O) groups is 1. The van der Waals surface area contributed by atoms with Gasteiger partial charge in [-0.25, -0.2) is 14.8 Å². The Balaban J connectivity index is 0.00000149. The van der Waals surface area contributed by atoms with Crippen molar-refractivity contribution in [1.29, 1.82) is 0 Å². The number of benzene rings is 1. The molecule has 0 fully saturated rings. The lowest BCUT2D eigenvalue weighted by Crippen LogP contribution is -2.05. The number of nitrogens with one attached hydrogen (secondary N) is 1. The summed E-state index contributed by atoms with van der Waals surface area (Å²) in [5.41, 5.74) is 2.64. The molecule has 0 aliphatic rings. The summed E-state index contributed by atoms with van der Waals surface area (Å²) in [6.45, 7) is 8.10. The van der Waals surface area contributed by atoms with Crippen molar-refractivity contribution in [2.45, 2.75) is 33.6 Å². The van der Waals surface area contributed by atoms with Gasteiger partial charge < -0.3 is 10.4 Å². The minimum absolute atomic E-state index is 0.0864. The summed E-state index contributed by atoms with van der Waals surface area (Å²) in [6.07, 6.45) is 1.66. The number of thiazole rings is 1. The van der Waals surface area contributed by atoms with Crippen LogP contribution >= 0.6 is 45.9 Å². The summed E-state index contributed by atoms with van der Waals surface area (Å²) in [5, 5.41) is 16.3. The Morgan fingerprint density at radius 2 is 1.85 bits per heavy atom. The molecule has 4 rings (SSSR count). The van der Waals surface area contributed by atoms with E-state index >= 15 is 0 Å². The van der Waals surface area contributed by atoms with E-state index in [1.54, 1.807) is 18.3 Å². The van der Waals surface area contributed by atoms with E-state index < -0.39 is 5.97 Å². The molecule has 172 valence electrons. The number of hydrogen-bond donors (Lipinski definition) is 2. The average molecular weight is 521 g/mol. The molecule has 1 aromatic carbocycles. The molecule has 3 aromatic heterocycles. The summed E-state index contributed by atoms with van der Waals surface area (Å²) in [6, 6.07) is 10.9. The maximum atomic E-state index is 11.9. The lowest BCUT2D eigenvalue weighted by atomic mass is 10.1. The van der Waals surface area contributed by atoms with E-state index in [-0.39, 0.29) is 17.3 Å². The lowest BCUT2D eigenvalue weighted by Gasteiger charge is -2.08. The second-order valence-electron chi connectivity index (χ2n) is 7.04. The van der Waals surface area contributed by atoms with Crippen molar-refractivity contribution < 1.29 is 9.90 Å². The average Bonchev–Trinajstić information content (AvgIpc) is 3.48. The predicted octanol–water partition coefficient (Wildman–Crippen LogP) is 8.83. The first kappa shape index (κ1) is 25.2. The Kier molecular flexibility index (Phi) is 8.48. The molecule has 2 N–H and O–H groups in total. The third-order valence-corrected chi connectivity index (χ3v) is 7.22. The third kappa shape index (κ3) is 5.73. The SMILES string of the molecule is CC.CC(C)c1nc(Nc2ncc(-c3cccs3)cc2C(=O)O)sc1-c1ccc(Cl)c(Cl)c1. The quantitative estimate of drug-likeness (QED) is 0.266. The molecule has 0 amide bonds. The number of pyridine rings is 1. The van der Waals surface area contributed by atoms with Gasteiger partial charge in [0.1, 0.15) is 11.4 Å². The van der Waals surface area contributed by atoms with Crippen molar-refractivity contribution in [3.8, 4) is 20.9 Å². The Morgan fingerprint density at radius 1 is 1.09 bits per heavy atom. The molecule has 0 atom stereocenters. The number of hydrogen-bond acceptors (Lipinski definition) is 6. The number of aromatic nitrogens is 2. The van der Waals surface area contributed by atoms with Gasteiger partial charge in [-0.1, -0.05) is 74.4 Å². The number of halogens is 2. The molecule has 0 aliphatic heterocycles. The van der Waals surface area contributed by atoms with E-state index in [1.807, 2.05) is 43.5 Å². The first-order valence-electron chi connectivity index (χ1n) is 10.3. The summed E-state index contributed by atoms with van der Waals surface area (Å²) in [5.74, 6) is -0.652. The fourth-order valence-electron chi connectivity index (χ4n) is 3.03. The number of aromatic carboxylic acids is 1. The normalized spacial score (nSPS) is 10.6. The van der Waals surface area contributed by atoms with E-state index in [2.05, 4.69) is 24.1 Å². The van der Waals surface area contributed by atoms with Crippen molar-refractivity contribution in [2.75, 3.05) is 5.32 Å². The summed E-state index contributed by atoms with van der Waals surface area (Å²) >= 11 is 15.2. The number of anilines is 2. The molecule has 3 heterocycles. The molecule has 0 aliphatic carbocycles. The van der Waals surface area contributed by atoms with Crippen molar-refractivity contribution in [3.63, 3.8) is 0 Å². The van der Waals surface area contributed by atoms with E-state index in [4.69, 9.17) is 28.2 Å². The van der Waals surface area contributed by atoms with Gasteiger partial charge in [-0.2, -0.15) is 0 Å². The third-order valence-electron chi connectivity index (χ3n) is 4.53. The van der Waals surface area contributed by atoms with Crippen LogP contribution in [0.1, 0.15) is 49.7 Å². The molecular weight excluding hydrogens is 497 g/mol. The molecule has 0 saturated heterocycles. The molecule has 9 heteroatoms. The number of thiophene rings is 1. The molecule has 4 aromatic rings. The van der Waals surface area contributed by atoms with Crippen molar-refractivity contribution in [2.24, 2.45) is 0 Å². The highest BCUT2D eigenvalue weighted by atomic mass is 35.5. The van der Waals surface area contributed by atoms with Crippen LogP contribution in [0.5, 0.6) is 0 Å². The highest BCUT2D eigenvalue weighted by molar-refractivity contribution is 7.19. The maximum absolute atomic E-state index is 11.9. The maximum Gasteiger partial charge on any atom is 0.339 e. The molecule has 0 spiro atoms. The van der Waals surface area contributed by atoms with E-state index in [9.17, 15) is 9.90 Å². The molecule has 0 radical (unpaired) electrons. The molecule has 5 nitrogen and oxygen atoms in total. The molecule has 0 saturated carbocycles. The number of carboxylic acid groups (broad SMARTS) is 1. The van der Waals surface area contributed by atoms with Crippen molar-refractivity contribution >= 4 is 62.8 Å². The van der Waals surface area contributed by atoms with Crippen molar-refractivity contribution in [1.82, 2.24) is 9.97 Å². The Hall–Kier alpha value is -2.45. The van der Waals surface area contributed by atoms with Gasteiger partial charge in [0.25, 0.3) is 0 Å². The van der Waals surface area contributed by atoms with Gasteiger partial charge in [-0.15, -0.1) is 11.3 Å². The molecule has 0 unspecified atom stereocenters. The zero-order valence-corrected chi connectivity index (χ0v) is 21.7. The first-order valence-corrected chi connectivity index (χ1v) is 12.8. The second kappa shape index (κ2) is 11.1. The van der Waals surface area contributed by atoms with Gasteiger partial charge in [0, 0.05) is 16.6 Å². The number of rotatable bonds is 6. The summed E-state index contributed by atoms with van der Waals surface area (Å²) in [7, 11) is 0. The van der Waals surface area contributed by atoms with E-state index in [1.165, 1.54) is 22.7 Å². The predicted molar refractivity (Wildman–Crippen MR) is 141 cm³/mol. The Labute approximate surface area is 211 Å². The minimum Gasteiger partial charge on any atom is -0.478 e. The van der Waals surface area contributed by atoms with Crippen molar-refractivity contribution in [3.05, 3.63) is 69.3 Å². The van der Waals surface area contributed by atoms with Gasteiger partial charge in [-0.05, 0) is 41.1 Å². The number of carboxylic acids is 1. The monoisotopic (exact) mass is 519 g/mol. The number of nitrogens with zero attached hydrogens (tertiary/aromatic N) is 2. The van der Waals surface area contributed by atoms with Crippen LogP contribution in [0.3, 0.4) is 0 Å². The van der Waals surface area contributed by atoms with Gasteiger partial charge in [0.05, 0.1) is 20.6 Å². The van der Waals surface area contributed by atoms with Crippen LogP contribution in [0.4, 0.5) is 10.9 Å². The van der Waals surface area contributed by atoms with Crippen LogP contribution in [-0.2, 0) is 0 Å². The van der Waals surface area contributed by atoms with Crippen LogP contribution in [0.15, 0.2) is 48.0 Å². The van der Waals surface area contributed by atoms with Crippen LogP contribution in [0.2, 0.25) is 10.0 Å². The largest absolute Gasteiger partial charge is 0.478 e. The minimum atomic E-state index is -1.06. The van der Waals surface area contributed by atoms with Gasteiger partial charge in [0.2, 0.25) is 0 Å². The zero-order valence-electron chi connectivity index (χ0n) is 18.5.